The molecule has 11 heavy (non-hydrogen) atoms. The number of nitrogens with zero attached hydrogens (tertiary/aromatic N) is 1. The van der Waals surface area contributed by atoms with E-state index in [4.69, 9.17) is 0 Å². The Balaban J connectivity index is 2.63. The summed E-state index contributed by atoms with van der Waals surface area (Å²) in [5.41, 5.74) is 0. The first-order valence-electron chi connectivity index (χ1n) is 4.44. The van der Waals surface area contributed by atoms with Crippen molar-refractivity contribution in [3.8, 4) is 0 Å². The molecule has 0 aliphatic carbocycles. The van der Waals surface area contributed by atoms with Crippen LogP contribution in [0.2, 0.25) is 0 Å². The normalized spacial score (nSPS) is 26.4. The Bertz CT molecular complexity index is 154. The lowest BCUT2D eigenvalue weighted by Gasteiger charge is -2.36. The number of rotatable bonds is 1. The van der Waals surface area contributed by atoms with E-state index in [0.29, 0.717) is 18.0 Å². The summed E-state index contributed by atoms with van der Waals surface area (Å²) in [5.74, 6) is 0.332. The van der Waals surface area contributed by atoms with Crippen molar-refractivity contribution >= 4 is 5.91 Å². The molecule has 64 valence electrons. The van der Waals surface area contributed by atoms with Gasteiger partial charge in [-0.15, -0.1) is 0 Å². The third-order valence-electron chi connectivity index (χ3n) is 2.33. The summed E-state index contributed by atoms with van der Waals surface area (Å²) in [7, 11) is 0. The summed E-state index contributed by atoms with van der Waals surface area (Å²) in [6, 6.07) is 0.828. The van der Waals surface area contributed by atoms with Crippen molar-refractivity contribution in [3.05, 3.63) is 0 Å². The fourth-order valence-electron chi connectivity index (χ4n) is 1.86. The van der Waals surface area contributed by atoms with E-state index in [-0.39, 0.29) is 0 Å². The molecule has 2 nitrogen and oxygen atoms in total. The van der Waals surface area contributed by atoms with Crippen LogP contribution in [0.4, 0.5) is 0 Å². The molecule has 0 aromatic heterocycles. The summed E-state index contributed by atoms with van der Waals surface area (Å²) < 4.78 is 0. The summed E-state index contributed by atoms with van der Waals surface area (Å²) in [6.07, 6.45) is 3.00. The van der Waals surface area contributed by atoms with Gasteiger partial charge in [-0.25, -0.2) is 0 Å². The average molecular weight is 155 g/mol. The van der Waals surface area contributed by atoms with E-state index in [1.165, 1.54) is 6.42 Å². The molecule has 1 heterocycles. The fraction of sp³-hybridized carbons (Fsp3) is 0.889. The first-order chi connectivity index (χ1) is 5.13. The zero-order valence-electron chi connectivity index (χ0n) is 7.63. The second kappa shape index (κ2) is 3.24. The topological polar surface area (TPSA) is 20.3 Å². The first kappa shape index (κ1) is 8.57. The van der Waals surface area contributed by atoms with Crippen molar-refractivity contribution in [2.24, 2.45) is 0 Å². The summed E-state index contributed by atoms with van der Waals surface area (Å²) in [4.78, 5) is 13.4. The maximum absolute atomic E-state index is 11.4. The van der Waals surface area contributed by atoms with E-state index >= 15 is 0 Å². The number of piperidine rings is 1. The minimum absolute atomic E-state index is 0.332. The molecule has 0 saturated carbocycles. The van der Waals surface area contributed by atoms with Crippen molar-refractivity contribution < 1.29 is 4.79 Å². The van der Waals surface area contributed by atoms with Crippen LogP contribution in [0.15, 0.2) is 0 Å². The highest BCUT2D eigenvalue weighted by Gasteiger charge is 2.26. The lowest BCUT2D eigenvalue weighted by Crippen LogP contribution is -2.46. The molecule has 0 spiro atoms. The molecule has 1 aliphatic rings. The van der Waals surface area contributed by atoms with Crippen molar-refractivity contribution in [1.29, 1.82) is 0 Å². The third kappa shape index (κ3) is 1.73. The van der Waals surface area contributed by atoms with Crippen LogP contribution in [0, 0.1) is 0 Å². The van der Waals surface area contributed by atoms with Gasteiger partial charge >= 0.3 is 0 Å². The molecule has 1 unspecified atom stereocenters. The van der Waals surface area contributed by atoms with Crippen LogP contribution in [0.25, 0.3) is 0 Å². The number of amides is 1. The molecule has 0 bridgehead atoms. The SMILES string of the molecule is CC(C)N1C(=O)CCCC1C. The van der Waals surface area contributed by atoms with Gasteiger partial charge in [-0.2, -0.15) is 0 Å². The van der Waals surface area contributed by atoms with Crippen molar-refractivity contribution in [3.63, 3.8) is 0 Å². The van der Waals surface area contributed by atoms with Crippen LogP contribution >= 0.6 is 0 Å². The molecular weight excluding hydrogens is 138 g/mol. The lowest BCUT2D eigenvalue weighted by molar-refractivity contribution is -0.137. The van der Waals surface area contributed by atoms with Gasteiger partial charge in [0.2, 0.25) is 5.91 Å². The number of likely N-dealkylation sites (tertiary alicyclic amines) is 1. The molecule has 0 N–H and O–H groups in total. The Hall–Kier alpha value is -0.530. The molecule has 1 fully saturated rings. The van der Waals surface area contributed by atoms with E-state index < -0.39 is 0 Å². The molecular formula is C9H17NO. The number of hydrogen-bond acceptors (Lipinski definition) is 1. The largest absolute Gasteiger partial charge is 0.338 e. The van der Waals surface area contributed by atoms with Gasteiger partial charge in [0.05, 0.1) is 0 Å². The van der Waals surface area contributed by atoms with Gasteiger partial charge in [0.15, 0.2) is 0 Å². The zero-order chi connectivity index (χ0) is 8.43. The van der Waals surface area contributed by atoms with Gasteiger partial charge in [-0.05, 0) is 33.6 Å². The Labute approximate surface area is 68.6 Å². The van der Waals surface area contributed by atoms with E-state index in [0.717, 1.165) is 12.8 Å². The Kier molecular flexibility index (Phi) is 2.53. The Morgan fingerprint density at radius 1 is 1.55 bits per heavy atom. The maximum Gasteiger partial charge on any atom is 0.223 e. The summed E-state index contributed by atoms with van der Waals surface area (Å²) in [5, 5.41) is 0. The van der Waals surface area contributed by atoms with Crippen LogP contribution in [-0.2, 0) is 4.79 Å². The van der Waals surface area contributed by atoms with Crippen molar-refractivity contribution in [2.75, 3.05) is 0 Å². The second-order valence-corrected chi connectivity index (χ2v) is 3.64. The van der Waals surface area contributed by atoms with Crippen molar-refractivity contribution in [1.82, 2.24) is 4.90 Å². The van der Waals surface area contributed by atoms with Gasteiger partial charge in [0, 0.05) is 18.5 Å². The van der Waals surface area contributed by atoms with Gasteiger partial charge in [0.25, 0.3) is 0 Å². The standard InChI is InChI=1S/C9H17NO/c1-7(2)10-8(3)5-4-6-9(10)11/h7-8H,4-6H2,1-3H3. The van der Waals surface area contributed by atoms with Crippen LogP contribution in [-0.4, -0.2) is 22.9 Å². The predicted molar refractivity (Wildman–Crippen MR) is 45.3 cm³/mol. The fourth-order valence-corrected chi connectivity index (χ4v) is 1.86. The molecule has 0 aromatic rings. The minimum Gasteiger partial charge on any atom is -0.338 e. The van der Waals surface area contributed by atoms with E-state index in [2.05, 4.69) is 20.8 Å². The first-order valence-corrected chi connectivity index (χ1v) is 4.44. The quantitative estimate of drug-likeness (QED) is 0.565. The summed E-state index contributed by atoms with van der Waals surface area (Å²) >= 11 is 0. The van der Waals surface area contributed by atoms with Crippen LogP contribution in [0.1, 0.15) is 40.0 Å². The van der Waals surface area contributed by atoms with Gasteiger partial charge in [0.1, 0.15) is 0 Å². The van der Waals surface area contributed by atoms with Crippen LogP contribution < -0.4 is 0 Å². The number of hydrogen-bond donors (Lipinski definition) is 0. The van der Waals surface area contributed by atoms with Gasteiger partial charge < -0.3 is 4.90 Å². The van der Waals surface area contributed by atoms with Crippen LogP contribution in [0.3, 0.4) is 0 Å². The highest BCUT2D eigenvalue weighted by molar-refractivity contribution is 5.77. The van der Waals surface area contributed by atoms with Gasteiger partial charge in [-0.1, -0.05) is 0 Å². The monoisotopic (exact) mass is 155 g/mol. The predicted octanol–water partition coefficient (Wildman–Crippen LogP) is 1.80. The van der Waals surface area contributed by atoms with Gasteiger partial charge in [-0.3, -0.25) is 4.79 Å². The Morgan fingerprint density at radius 2 is 2.18 bits per heavy atom. The summed E-state index contributed by atoms with van der Waals surface area (Å²) in [6.45, 7) is 6.30. The van der Waals surface area contributed by atoms with Crippen molar-refractivity contribution in [2.45, 2.75) is 52.1 Å². The highest BCUT2D eigenvalue weighted by Crippen LogP contribution is 2.19. The highest BCUT2D eigenvalue weighted by atomic mass is 16.2. The zero-order valence-corrected chi connectivity index (χ0v) is 7.63. The third-order valence-corrected chi connectivity index (χ3v) is 2.33. The van der Waals surface area contributed by atoms with E-state index in [9.17, 15) is 4.79 Å². The van der Waals surface area contributed by atoms with Crippen LogP contribution in [0.5, 0.6) is 0 Å². The second-order valence-electron chi connectivity index (χ2n) is 3.64. The molecule has 1 rings (SSSR count). The maximum atomic E-state index is 11.4. The molecule has 2 heteroatoms. The Morgan fingerprint density at radius 3 is 2.55 bits per heavy atom. The molecule has 0 aromatic carbocycles. The molecule has 1 atom stereocenters. The number of carbonyl (C=O) groups excluding carboxylic acids is 1. The smallest absolute Gasteiger partial charge is 0.223 e. The molecule has 1 saturated heterocycles. The molecule has 1 amide bonds. The molecule has 0 radical (unpaired) electrons. The average Bonchev–Trinajstić information content (AvgIpc) is 1.85. The number of carbonyl (C=O) groups is 1. The van der Waals surface area contributed by atoms with E-state index in [1.807, 2.05) is 4.90 Å². The van der Waals surface area contributed by atoms with E-state index in [1.54, 1.807) is 0 Å². The lowest BCUT2D eigenvalue weighted by atomic mass is 10.0. The molecule has 1 aliphatic heterocycles. The minimum atomic E-state index is 0.332.